The maximum absolute atomic E-state index is 13.7. The summed E-state index contributed by atoms with van der Waals surface area (Å²) in [6, 6.07) is 6.04. The number of benzene rings is 1. The van der Waals surface area contributed by atoms with Gasteiger partial charge in [0.15, 0.2) is 17.7 Å². The molecular weight excluding hydrogens is 301 g/mol. The van der Waals surface area contributed by atoms with Crippen LogP contribution in [0.3, 0.4) is 0 Å². The Kier molecular flexibility index (Phi) is 5.96. The van der Waals surface area contributed by atoms with Gasteiger partial charge in [0.25, 0.3) is 5.91 Å². The molecule has 0 aromatic heterocycles. The topological polar surface area (TPSA) is 55.8 Å². The van der Waals surface area contributed by atoms with Gasteiger partial charge < -0.3 is 14.4 Å². The van der Waals surface area contributed by atoms with Crippen LogP contribution in [0.5, 0.6) is 5.75 Å². The van der Waals surface area contributed by atoms with E-state index in [1.165, 1.54) is 19.2 Å². The third kappa shape index (κ3) is 4.21. The molecule has 126 valence electrons. The Morgan fingerprint density at radius 1 is 1.30 bits per heavy atom. The van der Waals surface area contributed by atoms with E-state index in [0.717, 1.165) is 0 Å². The highest BCUT2D eigenvalue weighted by Crippen LogP contribution is 2.22. The van der Waals surface area contributed by atoms with Crippen molar-refractivity contribution in [1.29, 1.82) is 0 Å². The number of nitrogens with zero attached hydrogens (tertiary/aromatic N) is 1. The second kappa shape index (κ2) is 7.94. The van der Waals surface area contributed by atoms with E-state index in [9.17, 15) is 14.0 Å². The molecule has 1 aliphatic rings. The first-order chi connectivity index (χ1) is 11.1. The van der Waals surface area contributed by atoms with Gasteiger partial charge in [0, 0.05) is 13.1 Å². The number of carbonyl (C=O) groups excluding carboxylic acids is 2. The van der Waals surface area contributed by atoms with E-state index in [1.807, 2.05) is 6.92 Å². The number of para-hydroxylation sites is 1. The second-order valence-corrected chi connectivity index (χ2v) is 5.57. The first kappa shape index (κ1) is 17.2. The molecule has 6 heteroatoms. The Labute approximate surface area is 135 Å². The first-order valence-corrected chi connectivity index (χ1v) is 7.84. The average molecular weight is 323 g/mol. The molecule has 1 fully saturated rings. The minimum absolute atomic E-state index is 0.0807. The number of hydrogen-bond acceptors (Lipinski definition) is 4. The molecule has 1 aromatic carbocycles. The van der Waals surface area contributed by atoms with Crippen LogP contribution in [-0.2, 0) is 14.3 Å². The van der Waals surface area contributed by atoms with Crippen molar-refractivity contribution in [2.45, 2.75) is 32.3 Å². The van der Waals surface area contributed by atoms with E-state index in [0.29, 0.717) is 32.4 Å². The summed E-state index contributed by atoms with van der Waals surface area (Å²) in [5.41, 5.74) is 0. The zero-order chi connectivity index (χ0) is 16.8. The predicted molar refractivity (Wildman–Crippen MR) is 82.4 cm³/mol. The highest BCUT2D eigenvalue weighted by molar-refractivity contribution is 5.81. The molecular formula is C17H22FNO4. The van der Waals surface area contributed by atoms with Gasteiger partial charge in [-0.15, -0.1) is 0 Å². The number of ether oxygens (including phenoxy) is 2. The van der Waals surface area contributed by atoms with Crippen molar-refractivity contribution in [2.75, 3.05) is 20.2 Å². The lowest BCUT2D eigenvalue weighted by Crippen LogP contribution is -2.46. The molecule has 5 nitrogen and oxygen atoms in total. The minimum Gasteiger partial charge on any atom is -0.478 e. The molecule has 23 heavy (non-hydrogen) atoms. The van der Waals surface area contributed by atoms with Crippen LogP contribution in [0.25, 0.3) is 0 Å². The fourth-order valence-corrected chi connectivity index (χ4v) is 2.71. The lowest BCUT2D eigenvalue weighted by molar-refractivity contribution is -0.150. The summed E-state index contributed by atoms with van der Waals surface area (Å²) in [7, 11) is 1.37. The molecule has 1 aliphatic heterocycles. The monoisotopic (exact) mass is 323 g/mol. The van der Waals surface area contributed by atoms with Gasteiger partial charge in [0.2, 0.25) is 0 Å². The minimum atomic E-state index is -0.721. The second-order valence-electron chi connectivity index (χ2n) is 5.57. The smallest absolute Gasteiger partial charge is 0.308 e. The van der Waals surface area contributed by atoms with Crippen molar-refractivity contribution < 1.29 is 23.5 Å². The van der Waals surface area contributed by atoms with Crippen molar-refractivity contribution in [3.8, 4) is 5.75 Å². The normalized spacial score (nSPS) is 16.7. The van der Waals surface area contributed by atoms with Crippen LogP contribution in [0.4, 0.5) is 4.39 Å². The number of piperidine rings is 1. The summed E-state index contributed by atoms with van der Waals surface area (Å²) in [6.07, 6.45) is 0.884. The predicted octanol–water partition coefficient (Wildman–Crippen LogP) is 2.39. The number of esters is 1. The third-order valence-electron chi connectivity index (χ3n) is 4.09. The maximum Gasteiger partial charge on any atom is 0.308 e. The average Bonchev–Trinajstić information content (AvgIpc) is 2.60. The van der Waals surface area contributed by atoms with E-state index >= 15 is 0 Å². The summed E-state index contributed by atoms with van der Waals surface area (Å²) < 4.78 is 24.0. The van der Waals surface area contributed by atoms with E-state index < -0.39 is 11.9 Å². The van der Waals surface area contributed by atoms with Crippen LogP contribution in [0, 0.1) is 11.7 Å². The van der Waals surface area contributed by atoms with Gasteiger partial charge in [0.1, 0.15) is 0 Å². The number of halogens is 1. The quantitative estimate of drug-likeness (QED) is 0.781. The maximum atomic E-state index is 13.7. The van der Waals surface area contributed by atoms with E-state index in [-0.39, 0.29) is 23.5 Å². The zero-order valence-corrected chi connectivity index (χ0v) is 13.5. The SMILES string of the molecule is CCC(Oc1ccccc1F)C(=O)N1CCC(C(=O)OC)CC1. The number of likely N-dealkylation sites (tertiary alicyclic amines) is 1. The van der Waals surface area contributed by atoms with Gasteiger partial charge in [-0.2, -0.15) is 0 Å². The number of amides is 1. The van der Waals surface area contributed by atoms with Gasteiger partial charge in [-0.3, -0.25) is 9.59 Å². The molecule has 0 radical (unpaired) electrons. The van der Waals surface area contributed by atoms with Crippen molar-refractivity contribution in [3.05, 3.63) is 30.1 Å². The lowest BCUT2D eigenvalue weighted by Gasteiger charge is -2.33. The number of hydrogen-bond donors (Lipinski definition) is 0. The van der Waals surface area contributed by atoms with Crippen molar-refractivity contribution in [1.82, 2.24) is 4.90 Å². The zero-order valence-electron chi connectivity index (χ0n) is 13.5. The van der Waals surface area contributed by atoms with Crippen LogP contribution < -0.4 is 4.74 Å². The molecule has 1 amide bonds. The molecule has 1 heterocycles. The van der Waals surface area contributed by atoms with Crippen LogP contribution >= 0.6 is 0 Å². The number of methoxy groups -OCH3 is 1. The van der Waals surface area contributed by atoms with Crippen molar-refractivity contribution in [3.63, 3.8) is 0 Å². The van der Waals surface area contributed by atoms with Gasteiger partial charge in [-0.1, -0.05) is 19.1 Å². The molecule has 2 rings (SSSR count). The van der Waals surface area contributed by atoms with Crippen LogP contribution in [-0.4, -0.2) is 43.1 Å². The van der Waals surface area contributed by atoms with Crippen LogP contribution in [0.15, 0.2) is 24.3 Å². The van der Waals surface area contributed by atoms with Gasteiger partial charge >= 0.3 is 5.97 Å². The fourth-order valence-electron chi connectivity index (χ4n) is 2.71. The van der Waals surface area contributed by atoms with Crippen molar-refractivity contribution in [2.24, 2.45) is 5.92 Å². The fraction of sp³-hybridized carbons (Fsp3) is 0.529. The molecule has 0 N–H and O–H groups in total. The standard InChI is InChI=1S/C17H22FNO4/c1-3-14(23-15-7-5-4-6-13(15)18)16(20)19-10-8-12(9-11-19)17(21)22-2/h4-7,12,14H,3,8-11H2,1-2H3. The summed E-state index contributed by atoms with van der Waals surface area (Å²) >= 11 is 0. The highest BCUT2D eigenvalue weighted by Gasteiger charge is 2.31. The van der Waals surface area contributed by atoms with E-state index in [1.54, 1.807) is 17.0 Å². The van der Waals surface area contributed by atoms with Crippen molar-refractivity contribution >= 4 is 11.9 Å². The van der Waals surface area contributed by atoms with Gasteiger partial charge in [0.05, 0.1) is 13.0 Å². The van der Waals surface area contributed by atoms with Gasteiger partial charge in [-0.25, -0.2) is 4.39 Å². The summed E-state index contributed by atoms with van der Waals surface area (Å²) in [5.74, 6) is -0.956. The lowest BCUT2D eigenvalue weighted by atomic mass is 9.96. The molecule has 1 aromatic rings. The molecule has 1 atom stereocenters. The molecule has 0 saturated carbocycles. The third-order valence-corrected chi connectivity index (χ3v) is 4.09. The molecule has 0 bridgehead atoms. The Balaban J connectivity index is 1.96. The largest absolute Gasteiger partial charge is 0.478 e. The summed E-state index contributed by atoms with van der Waals surface area (Å²) in [6.45, 7) is 2.79. The molecule has 0 aliphatic carbocycles. The van der Waals surface area contributed by atoms with E-state index in [4.69, 9.17) is 9.47 Å². The Hall–Kier alpha value is -2.11. The Bertz CT molecular complexity index is 555. The van der Waals surface area contributed by atoms with Crippen LogP contribution in [0.1, 0.15) is 26.2 Å². The highest BCUT2D eigenvalue weighted by atomic mass is 19.1. The number of carbonyl (C=O) groups is 2. The Morgan fingerprint density at radius 2 is 1.96 bits per heavy atom. The van der Waals surface area contributed by atoms with Gasteiger partial charge in [-0.05, 0) is 31.4 Å². The van der Waals surface area contributed by atoms with E-state index in [2.05, 4.69) is 0 Å². The first-order valence-electron chi connectivity index (χ1n) is 7.84. The molecule has 1 saturated heterocycles. The van der Waals surface area contributed by atoms with Crippen LogP contribution in [0.2, 0.25) is 0 Å². The summed E-state index contributed by atoms with van der Waals surface area (Å²) in [5, 5.41) is 0. The summed E-state index contributed by atoms with van der Waals surface area (Å²) in [4.78, 5) is 25.7. The molecule has 0 spiro atoms. The molecule has 1 unspecified atom stereocenters. The Morgan fingerprint density at radius 3 is 2.52 bits per heavy atom. The number of rotatable bonds is 5.